The van der Waals surface area contributed by atoms with Gasteiger partial charge in [0.2, 0.25) is 0 Å². The van der Waals surface area contributed by atoms with Gasteiger partial charge in [-0.25, -0.2) is 0 Å². The number of allylic oxidation sites excluding steroid dienone is 1. The second-order valence-electron chi connectivity index (χ2n) is 2.16. The Balaban J connectivity index is 3.37. The van der Waals surface area contributed by atoms with E-state index in [4.69, 9.17) is 0 Å². The molecule has 2 heteroatoms. The van der Waals surface area contributed by atoms with E-state index in [9.17, 15) is 0 Å². The molecule has 0 saturated heterocycles. The molecule has 0 heterocycles. The third kappa shape index (κ3) is 6.95. The van der Waals surface area contributed by atoms with E-state index in [0.717, 1.165) is 0 Å². The summed E-state index contributed by atoms with van der Waals surface area (Å²) in [5.41, 5.74) is 0. The van der Waals surface area contributed by atoms with Gasteiger partial charge in [-0.1, -0.05) is 6.58 Å². The Morgan fingerprint density at radius 1 is 1.50 bits per heavy atom. The molecule has 0 aliphatic carbocycles. The average Bonchev–Trinajstić information content (AvgIpc) is 1.87. The van der Waals surface area contributed by atoms with Gasteiger partial charge in [-0.05, 0) is 26.1 Å². The molecule has 0 amide bonds. The summed E-state index contributed by atoms with van der Waals surface area (Å²) in [6.45, 7) is 7.60. The smallest absolute Gasteiger partial charge is 0.0281 e. The fourth-order valence-corrected chi connectivity index (χ4v) is 0.402. The Morgan fingerprint density at radius 2 is 2.20 bits per heavy atom. The van der Waals surface area contributed by atoms with Crippen LogP contribution < -0.4 is 5.32 Å². The number of aliphatic imine (C=N–C) groups is 1. The van der Waals surface area contributed by atoms with E-state index in [0.29, 0.717) is 6.04 Å². The molecule has 10 heavy (non-hydrogen) atoms. The average molecular weight is 138 g/mol. The highest BCUT2D eigenvalue weighted by molar-refractivity contribution is 5.71. The SMILES string of the molecule is C=C/N=C/C=C/NC(C)C. The minimum Gasteiger partial charge on any atom is -0.389 e. The summed E-state index contributed by atoms with van der Waals surface area (Å²) in [6, 6.07) is 0.480. The van der Waals surface area contributed by atoms with Crippen LogP contribution in [0.5, 0.6) is 0 Å². The molecule has 0 rings (SSSR count). The first-order chi connectivity index (χ1) is 4.77. The van der Waals surface area contributed by atoms with Crippen molar-refractivity contribution in [3.63, 3.8) is 0 Å². The first-order valence-corrected chi connectivity index (χ1v) is 3.32. The minimum absolute atomic E-state index is 0.480. The summed E-state index contributed by atoms with van der Waals surface area (Å²) < 4.78 is 0. The molecule has 0 fully saturated rings. The predicted molar refractivity (Wildman–Crippen MR) is 46.1 cm³/mol. The van der Waals surface area contributed by atoms with Gasteiger partial charge in [0, 0.05) is 18.5 Å². The van der Waals surface area contributed by atoms with Crippen molar-refractivity contribution in [1.82, 2.24) is 5.32 Å². The summed E-state index contributed by atoms with van der Waals surface area (Å²) in [5, 5.41) is 3.10. The van der Waals surface area contributed by atoms with Crippen LogP contribution in [0.15, 0.2) is 30.0 Å². The lowest BCUT2D eigenvalue weighted by Crippen LogP contribution is -2.14. The number of rotatable bonds is 4. The molecule has 0 aromatic rings. The van der Waals surface area contributed by atoms with Gasteiger partial charge in [0.1, 0.15) is 0 Å². The van der Waals surface area contributed by atoms with E-state index in [-0.39, 0.29) is 0 Å². The molecule has 0 aliphatic heterocycles. The van der Waals surface area contributed by atoms with Gasteiger partial charge in [-0.3, -0.25) is 4.99 Å². The molecule has 0 bridgehead atoms. The lowest BCUT2D eigenvalue weighted by molar-refractivity contribution is 0.703. The lowest BCUT2D eigenvalue weighted by Gasteiger charge is -2.00. The van der Waals surface area contributed by atoms with E-state index in [1.165, 1.54) is 6.20 Å². The van der Waals surface area contributed by atoms with E-state index in [1.807, 2.05) is 12.3 Å². The van der Waals surface area contributed by atoms with Gasteiger partial charge in [-0.15, -0.1) is 0 Å². The van der Waals surface area contributed by atoms with Crippen LogP contribution in [0.4, 0.5) is 0 Å². The maximum absolute atomic E-state index is 3.78. The maximum Gasteiger partial charge on any atom is 0.0281 e. The first kappa shape index (κ1) is 8.95. The first-order valence-electron chi connectivity index (χ1n) is 3.32. The molecule has 0 aromatic carbocycles. The molecule has 0 saturated carbocycles. The Hall–Kier alpha value is -1.05. The van der Waals surface area contributed by atoms with E-state index >= 15 is 0 Å². The van der Waals surface area contributed by atoms with Crippen LogP contribution >= 0.6 is 0 Å². The van der Waals surface area contributed by atoms with Gasteiger partial charge in [-0.2, -0.15) is 0 Å². The molecule has 0 spiro atoms. The van der Waals surface area contributed by atoms with Gasteiger partial charge in [0.05, 0.1) is 0 Å². The normalized spacial score (nSPS) is 11.5. The Kier molecular flexibility index (Phi) is 5.44. The standard InChI is InChI=1S/C8H14N2/c1-4-9-6-5-7-10-8(2)3/h4-8,10H,1H2,2-3H3/b7-5+,9-6+. The zero-order valence-corrected chi connectivity index (χ0v) is 6.54. The van der Waals surface area contributed by atoms with Crippen LogP contribution in [0.25, 0.3) is 0 Å². The van der Waals surface area contributed by atoms with Crippen molar-refractivity contribution >= 4 is 6.21 Å². The van der Waals surface area contributed by atoms with E-state index in [2.05, 4.69) is 30.7 Å². The minimum atomic E-state index is 0.480. The highest BCUT2D eigenvalue weighted by Crippen LogP contribution is 1.75. The summed E-state index contributed by atoms with van der Waals surface area (Å²) in [7, 11) is 0. The third-order valence-corrected chi connectivity index (χ3v) is 0.803. The van der Waals surface area contributed by atoms with Crippen LogP contribution in [0.2, 0.25) is 0 Å². The number of hydrogen-bond donors (Lipinski definition) is 1. The molecule has 0 atom stereocenters. The number of hydrogen-bond acceptors (Lipinski definition) is 2. The zero-order valence-electron chi connectivity index (χ0n) is 6.54. The van der Waals surface area contributed by atoms with Crippen molar-refractivity contribution < 1.29 is 0 Å². The zero-order chi connectivity index (χ0) is 7.82. The van der Waals surface area contributed by atoms with Crippen LogP contribution in [0.3, 0.4) is 0 Å². The molecule has 0 radical (unpaired) electrons. The number of nitrogens with zero attached hydrogens (tertiary/aromatic N) is 1. The summed E-state index contributed by atoms with van der Waals surface area (Å²) in [6.07, 6.45) is 6.88. The van der Waals surface area contributed by atoms with Crippen molar-refractivity contribution in [3.8, 4) is 0 Å². The highest BCUT2D eigenvalue weighted by atomic mass is 14.9. The van der Waals surface area contributed by atoms with Crippen LogP contribution in [0, 0.1) is 0 Å². The van der Waals surface area contributed by atoms with Gasteiger partial charge >= 0.3 is 0 Å². The molecule has 1 N–H and O–H groups in total. The van der Waals surface area contributed by atoms with Gasteiger partial charge < -0.3 is 5.32 Å². The van der Waals surface area contributed by atoms with Crippen LogP contribution in [0.1, 0.15) is 13.8 Å². The molecule has 0 unspecified atom stereocenters. The molecule has 0 aromatic heterocycles. The topological polar surface area (TPSA) is 24.4 Å². The van der Waals surface area contributed by atoms with Gasteiger partial charge in [0.15, 0.2) is 0 Å². The van der Waals surface area contributed by atoms with Crippen molar-refractivity contribution in [1.29, 1.82) is 0 Å². The third-order valence-electron chi connectivity index (χ3n) is 0.803. The quantitative estimate of drug-likeness (QED) is 0.588. The Bertz CT molecular complexity index is 134. The molecule has 2 nitrogen and oxygen atoms in total. The Morgan fingerprint density at radius 3 is 2.70 bits per heavy atom. The van der Waals surface area contributed by atoms with Gasteiger partial charge in [0.25, 0.3) is 0 Å². The fraction of sp³-hybridized carbons (Fsp3) is 0.375. The highest BCUT2D eigenvalue weighted by Gasteiger charge is 1.80. The summed E-state index contributed by atoms with van der Waals surface area (Å²) >= 11 is 0. The second kappa shape index (κ2) is 6.08. The maximum atomic E-state index is 3.78. The molecule has 0 aliphatic rings. The molecule has 56 valence electrons. The molecular weight excluding hydrogens is 124 g/mol. The van der Waals surface area contributed by atoms with Crippen molar-refractivity contribution in [2.24, 2.45) is 4.99 Å². The van der Waals surface area contributed by atoms with E-state index in [1.54, 1.807) is 6.21 Å². The Labute approximate surface area is 62.4 Å². The summed E-state index contributed by atoms with van der Waals surface area (Å²) in [4.78, 5) is 3.78. The van der Waals surface area contributed by atoms with Crippen molar-refractivity contribution in [2.75, 3.05) is 0 Å². The van der Waals surface area contributed by atoms with Crippen LogP contribution in [-0.2, 0) is 0 Å². The van der Waals surface area contributed by atoms with E-state index < -0.39 is 0 Å². The molecular formula is C8H14N2. The predicted octanol–water partition coefficient (Wildman–Crippen LogP) is 1.71. The monoisotopic (exact) mass is 138 g/mol. The van der Waals surface area contributed by atoms with Crippen molar-refractivity contribution in [2.45, 2.75) is 19.9 Å². The summed E-state index contributed by atoms with van der Waals surface area (Å²) in [5.74, 6) is 0. The number of nitrogens with one attached hydrogen (secondary N) is 1. The largest absolute Gasteiger partial charge is 0.389 e. The fourth-order valence-electron chi connectivity index (χ4n) is 0.402. The van der Waals surface area contributed by atoms with Crippen molar-refractivity contribution in [3.05, 3.63) is 25.1 Å². The second-order valence-corrected chi connectivity index (χ2v) is 2.16. The lowest BCUT2D eigenvalue weighted by atomic mass is 10.4. The van der Waals surface area contributed by atoms with Crippen LogP contribution in [-0.4, -0.2) is 12.3 Å².